The van der Waals surface area contributed by atoms with Crippen molar-refractivity contribution in [2.75, 3.05) is 12.3 Å². The smallest absolute Gasteiger partial charge is 0.292 e. The molecule has 96 valence electrons. The summed E-state index contributed by atoms with van der Waals surface area (Å²) in [5.74, 6) is -0.0336. The Labute approximate surface area is 105 Å². The first kappa shape index (κ1) is 12.3. The van der Waals surface area contributed by atoms with Crippen molar-refractivity contribution in [2.24, 2.45) is 0 Å². The highest BCUT2D eigenvalue weighted by Crippen LogP contribution is 2.31. The highest BCUT2D eigenvalue weighted by molar-refractivity contribution is 5.74. The lowest BCUT2D eigenvalue weighted by Gasteiger charge is -2.19. The van der Waals surface area contributed by atoms with Gasteiger partial charge in [0.25, 0.3) is 5.69 Å². The molecule has 0 unspecified atom stereocenters. The molecule has 1 aromatic carbocycles. The lowest BCUT2D eigenvalue weighted by atomic mass is 10.0. The maximum Gasteiger partial charge on any atom is 0.292 e. The Kier molecular flexibility index (Phi) is 3.18. The van der Waals surface area contributed by atoms with E-state index in [1.165, 1.54) is 13.0 Å². The van der Waals surface area contributed by atoms with Gasteiger partial charge in [-0.1, -0.05) is 6.07 Å². The van der Waals surface area contributed by atoms with Gasteiger partial charge in [-0.15, -0.1) is 0 Å². The van der Waals surface area contributed by atoms with Crippen LogP contribution in [0.3, 0.4) is 0 Å². The fourth-order valence-electron chi connectivity index (χ4n) is 2.28. The number of nitro benzene ring substituents is 1. The molecule has 0 aromatic heterocycles. The number of nitro groups is 1. The van der Waals surface area contributed by atoms with Crippen LogP contribution in [0.15, 0.2) is 12.1 Å². The average Bonchev–Trinajstić information content (AvgIpc) is 2.51. The molecule has 2 N–H and O–H groups in total. The molecule has 2 rings (SSSR count). The summed E-state index contributed by atoms with van der Waals surface area (Å²) < 4.78 is 0. The number of carbonyl (C=O) groups excluding carboxylic acids is 1. The molecule has 0 atom stereocenters. The molecular weight excluding hydrogens is 234 g/mol. The second kappa shape index (κ2) is 4.64. The molecule has 6 nitrogen and oxygen atoms in total. The molecule has 0 bridgehead atoms. The van der Waals surface area contributed by atoms with Crippen LogP contribution in [-0.2, 0) is 17.8 Å². The van der Waals surface area contributed by atoms with E-state index in [2.05, 4.69) is 0 Å². The fourth-order valence-corrected chi connectivity index (χ4v) is 2.28. The van der Waals surface area contributed by atoms with Crippen molar-refractivity contribution in [1.82, 2.24) is 4.90 Å². The van der Waals surface area contributed by atoms with E-state index in [0.717, 1.165) is 24.0 Å². The van der Waals surface area contributed by atoms with Gasteiger partial charge in [0.2, 0.25) is 5.91 Å². The third-order valence-electron chi connectivity index (χ3n) is 3.30. The first-order valence-corrected chi connectivity index (χ1v) is 5.81. The lowest BCUT2D eigenvalue weighted by Crippen LogP contribution is -2.28. The van der Waals surface area contributed by atoms with E-state index in [0.29, 0.717) is 13.1 Å². The van der Waals surface area contributed by atoms with Crippen LogP contribution in [-0.4, -0.2) is 22.3 Å². The highest BCUT2D eigenvalue weighted by Gasteiger charge is 2.23. The first-order chi connectivity index (χ1) is 8.50. The van der Waals surface area contributed by atoms with Crippen molar-refractivity contribution >= 4 is 17.3 Å². The third kappa shape index (κ3) is 2.13. The zero-order valence-corrected chi connectivity index (χ0v) is 10.2. The number of benzene rings is 1. The molecule has 0 aliphatic carbocycles. The Morgan fingerprint density at radius 2 is 2.22 bits per heavy atom. The number of nitrogens with two attached hydrogens (primary N) is 1. The standard InChI is InChI=1S/C12H15N3O3/c1-8(16)14-6-2-3-9-4-5-11(15(17)18)12(13)10(9)7-14/h4-5H,2-3,6-7,13H2,1H3. The normalized spacial score (nSPS) is 14.8. The molecule has 0 spiro atoms. The summed E-state index contributed by atoms with van der Waals surface area (Å²) in [7, 11) is 0. The van der Waals surface area contributed by atoms with Gasteiger partial charge in [-0.25, -0.2) is 0 Å². The zero-order valence-electron chi connectivity index (χ0n) is 10.2. The molecule has 18 heavy (non-hydrogen) atoms. The summed E-state index contributed by atoms with van der Waals surface area (Å²) in [6, 6.07) is 3.19. The van der Waals surface area contributed by atoms with Crippen molar-refractivity contribution in [3.8, 4) is 0 Å². The van der Waals surface area contributed by atoms with E-state index < -0.39 is 4.92 Å². The van der Waals surface area contributed by atoms with E-state index in [-0.39, 0.29) is 17.3 Å². The van der Waals surface area contributed by atoms with Crippen LogP contribution < -0.4 is 5.73 Å². The van der Waals surface area contributed by atoms with Crippen molar-refractivity contribution < 1.29 is 9.72 Å². The Morgan fingerprint density at radius 1 is 1.50 bits per heavy atom. The summed E-state index contributed by atoms with van der Waals surface area (Å²) in [6.07, 6.45) is 1.64. The predicted octanol–water partition coefficient (Wildman–Crippen LogP) is 1.47. The third-order valence-corrected chi connectivity index (χ3v) is 3.30. The van der Waals surface area contributed by atoms with Gasteiger partial charge >= 0.3 is 0 Å². The first-order valence-electron chi connectivity index (χ1n) is 5.81. The minimum atomic E-state index is -0.487. The molecule has 0 saturated heterocycles. The van der Waals surface area contributed by atoms with Crippen LogP contribution in [0.5, 0.6) is 0 Å². The van der Waals surface area contributed by atoms with E-state index >= 15 is 0 Å². The number of nitrogen functional groups attached to an aromatic ring is 1. The number of fused-ring (bicyclic) bond motifs is 1. The minimum absolute atomic E-state index is 0.0336. The summed E-state index contributed by atoms with van der Waals surface area (Å²) in [4.78, 5) is 23.5. The number of nitrogens with zero attached hydrogens (tertiary/aromatic N) is 2. The number of hydrogen-bond acceptors (Lipinski definition) is 4. The van der Waals surface area contributed by atoms with Crippen molar-refractivity contribution in [1.29, 1.82) is 0 Å². The van der Waals surface area contributed by atoms with E-state index in [1.807, 2.05) is 0 Å². The summed E-state index contributed by atoms with van der Waals surface area (Å²) in [5.41, 5.74) is 7.68. The van der Waals surface area contributed by atoms with Crippen LogP contribution in [0.2, 0.25) is 0 Å². The average molecular weight is 249 g/mol. The lowest BCUT2D eigenvalue weighted by molar-refractivity contribution is -0.384. The van der Waals surface area contributed by atoms with Crippen molar-refractivity contribution in [2.45, 2.75) is 26.3 Å². The predicted molar refractivity (Wildman–Crippen MR) is 66.9 cm³/mol. The number of hydrogen-bond donors (Lipinski definition) is 1. The van der Waals surface area contributed by atoms with Gasteiger partial charge in [0, 0.05) is 31.6 Å². The number of rotatable bonds is 1. The van der Waals surface area contributed by atoms with Crippen LogP contribution >= 0.6 is 0 Å². The van der Waals surface area contributed by atoms with E-state index in [1.54, 1.807) is 11.0 Å². The summed E-state index contributed by atoms with van der Waals surface area (Å²) >= 11 is 0. The monoisotopic (exact) mass is 249 g/mol. The van der Waals surface area contributed by atoms with Crippen molar-refractivity contribution in [3.05, 3.63) is 33.4 Å². The topological polar surface area (TPSA) is 89.5 Å². The second-order valence-corrected chi connectivity index (χ2v) is 4.44. The Hall–Kier alpha value is -2.11. The molecule has 0 radical (unpaired) electrons. The molecule has 1 aliphatic heterocycles. The minimum Gasteiger partial charge on any atom is -0.393 e. The van der Waals surface area contributed by atoms with Gasteiger partial charge in [-0.05, 0) is 18.4 Å². The van der Waals surface area contributed by atoms with Gasteiger partial charge in [0.15, 0.2) is 0 Å². The Bertz CT molecular complexity index is 514. The molecular formula is C12H15N3O3. The zero-order chi connectivity index (χ0) is 13.3. The highest BCUT2D eigenvalue weighted by atomic mass is 16.6. The van der Waals surface area contributed by atoms with E-state index in [9.17, 15) is 14.9 Å². The Morgan fingerprint density at radius 3 is 2.83 bits per heavy atom. The molecule has 0 fully saturated rings. The van der Waals surface area contributed by atoms with Gasteiger partial charge in [-0.3, -0.25) is 14.9 Å². The SMILES string of the molecule is CC(=O)N1CCCc2ccc([N+](=O)[O-])c(N)c2C1. The van der Waals surface area contributed by atoms with Gasteiger partial charge < -0.3 is 10.6 Å². The molecule has 1 heterocycles. The van der Waals surface area contributed by atoms with Crippen LogP contribution in [0.25, 0.3) is 0 Å². The number of amides is 1. The Balaban J connectivity index is 2.47. The molecule has 6 heteroatoms. The number of carbonyl (C=O) groups is 1. The number of anilines is 1. The summed E-state index contributed by atoms with van der Waals surface area (Å²) in [5, 5.41) is 10.9. The quantitative estimate of drug-likeness (QED) is 0.463. The fraction of sp³-hybridized carbons (Fsp3) is 0.417. The van der Waals surface area contributed by atoms with Gasteiger partial charge in [0.1, 0.15) is 5.69 Å². The van der Waals surface area contributed by atoms with Gasteiger partial charge in [0.05, 0.1) is 4.92 Å². The molecule has 1 aromatic rings. The molecule has 1 aliphatic rings. The van der Waals surface area contributed by atoms with Gasteiger partial charge in [-0.2, -0.15) is 0 Å². The van der Waals surface area contributed by atoms with Crippen LogP contribution in [0.1, 0.15) is 24.5 Å². The summed E-state index contributed by atoms with van der Waals surface area (Å²) in [6.45, 7) is 2.52. The van der Waals surface area contributed by atoms with Crippen LogP contribution in [0, 0.1) is 10.1 Å². The van der Waals surface area contributed by atoms with E-state index in [4.69, 9.17) is 5.73 Å². The largest absolute Gasteiger partial charge is 0.393 e. The van der Waals surface area contributed by atoms with Crippen LogP contribution in [0.4, 0.5) is 11.4 Å². The number of aryl methyl sites for hydroxylation is 1. The second-order valence-electron chi connectivity index (χ2n) is 4.44. The molecule has 0 saturated carbocycles. The van der Waals surface area contributed by atoms with Crippen molar-refractivity contribution in [3.63, 3.8) is 0 Å². The maximum absolute atomic E-state index is 11.4. The maximum atomic E-state index is 11.4. The molecule has 1 amide bonds.